The first-order valence-electron chi connectivity index (χ1n) is 9.39. The van der Waals surface area contributed by atoms with Crippen molar-refractivity contribution in [2.24, 2.45) is 5.92 Å². The van der Waals surface area contributed by atoms with Gasteiger partial charge in [-0.15, -0.1) is 11.3 Å². The summed E-state index contributed by atoms with van der Waals surface area (Å²) in [7, 11) is -3.81. The summed E-state index contributed by atoms with van der Waals surface area (Å²) in [6, 6.07) is 3.85. The quantitative estimate of drug-likeness (QED) is 0.739. The highest BCUT2D eigenvalue weighted by atomic mass is 32.2. The van der Waals surface area contributed by atoms with Gasteiger partial charge in [-0.1, -0.05) is 18.1 Å². The average Bonchev–Trinajstić information content (AvgIpc) is 3.34. The SMILES string of the molecule is CCCNC(=O)C1CCCN(S(=O)(=O)c2c(C)noc2/C=C/c2cccs2)C1. The summed E-state index contributed by atoms with van der Waals surface area (Å²) >= 11 is 1.55. The van der Waals surface area contributed by atoms with Crippen molar-refractivity contribution in [3.05, 3.63) is 33.8 Å². The van der Waals surface area contributed by atoms with Crippen molar-refractivity contribution in [2.75, 3.05) is 19.6 Å². The lowest BCUT2D eigenvalue weighted by Crippen LogP contribution is -2.45. The Hall–Kier alpha value is -1.97. The van der Waals surface area contributed by atoms with Gasteiger partial charge in [0.25, 0.3) is 0 Å². The monoisotopic (exact) mass is 423 g/mol. The molecule has 0 spiro atoms. The Bertz CT molecular complexity index is 933. The van der Waals surface area contributed by atoms with Crippen molar-refractivity contribution in [1.82, 2.24) is 14.8 Å². The lowest BCUT2D eigenvalue weighted by molar-refractivity contribution is -0.126. The number of rotatable bonds is 7. The number of piperidine rings is 1. The largest absolute Gasteiger partial charge is 0.356 e. The molecule has 0 radical (unpaired) electrons. The Morgan fingerprint density at radius 1 is 1.46 bits per heavy atom. The van der Waals surface area contributed by atoms with E-state index in [9.17, 15) is 13.2 Å². The second-order valence-electron chi connectivity index (χ2n) is 6.80. The van der Waals surface area contributed by atoms with E-state index in [0.29, 0.717) is 31.6 Å². The van der Waals surface area contributed by atoms with Crippen LogP contribution in [-0.2, 0) is 14.8 Å². The van der Waals surface area contributed by atoms with Crippen LogP contribution in [0.1, 0.15) is 42.5 Å². The summed E-state index contributed by atoms with van der Waals surface area (Å²) in [5, 5.41) is 8.68. The summed E-state index contributed by atoms with van der Waals surface area (Å²) in [6.45, 7) is 4.77. The molecule has 1 aliphatic heterocycles. The van der Waals surface area contributed by atoms with E-state index in [1.54, 1.807) is 30.4 Å². The molecule has 0 aromatic carbocycles. The molecular formula is C19H25N3O4S2. The Morgan fingerprint density at radius 2 is 2.29 bits per heavy atom. The molecular weight excluding hydrogens is 398 g/mol. The number of hydrogen-bond donors (Lipinski definition) is 1. The molecule has 1 fully saturated rings. The standard InChI is InChI=1S/C19H25N3O4S2/c1-3-10-20-19(23)15-6-4-11-22(13-15)28(24,25)18-14(2)21-26-17(18)9-8-16-7-5-12-27-16/h5,7-9,12,15H,3-4,6,10-11,13H2,1-2H3,(H,20,23)/b9-8+. The van der Waals surface area contributed by atoms with Gasteiger partial charge < -0.3 is 9.84 Å². The van der Waals surface area contributed by atoms with Crippen molar-refractivity contribution in [1.29, 1.82) is 0 Å². The summed E-state index contributed by atoms with van der Waals surface area (Å²) < 4.78 is 33.3. The Balaban J connectivity index is 1.82. The minimum absolute atomic E-state index is 0.0786. The van der Waals surface area contributed by atoms with E-state index >= 15 is 0 Å². The van der Waals surface area contributed by atoms with Crippen LogP contribution in [0, 0.1) is 12.8 Å². The molecule has 7 nitrogen and oxygen atoms in total. The third-order valence-corrected chi connectivity index (χ3v) is 7.54. The van der Waals surface area contributed by atoms with Gasteiger partial charge >= 0.3 is 0 Å². The van der Waals surface area contributed by atoms with E-state index in [2.05, 4.69) is 10.5 Å². The summed E-state index contributed by atoms with van der Waals surface area (Å²) in [5.41, 5.74) is 0.323. The number of aromatic nitrogens is 1. The predicted octanol–water partition coefficient (Wildman–Crippen LogP) is 3.14. The van der Waals surface area contributed by atoms with Gasteiger partial charge in [0, 0.05) is 24.5 Å². The Kier molecular flexibility index (Phi) is 6.69. The van der Waals surface area contributed by atoms with Crippen molar-refractivity contribution < 1.29 is 17.7 Å². The lowest BCUT2D eigenvalue weighted by Gasteiger charge is -2.31. The molecule has 1 atom stereocenters. The first-order chi connectivity index (χ1) is 13.4. The number of aryl methyl sites for hydroxylation is 1. The molecule has 152 valence electrons. The minimum Gasteiger partial charge on any atom is -0.356 e. The highest BCUT2D eigenvalue weighted by Gasteiger charge is 2.36. The van der Waals surface area contributed by atoms with Crippen LogP contribution >= 0.6 is 11.3 Å². The number of carbonyl (C=O) groups is 1. The average molecular weight is 424 g/mol. The fourth-order valence-corrected chi connectivity index (χ4v) is 5.63. The van der Waals surface area contributed by atoms with Gasteiger partial charge in [-0.2, -0.15) is 4.31 Å². The predicted molar refractivity (Wildman–Crippen MR) is 109 cm³/mol. The fourth-order valence-electron chi connectivity index (χ4n) is 3.24. The number of hydrogen-bond acceptors (Lipinski definition) is 6. The number of sulfonamides is 1. The van der Waals surface area contributed by atoms with Gasteiger partial charge in [0.2, 0.25) is 15.9 Å². The van der Waals surface area contributed by atoms with Crippen LogP contribution in [0.4, 0.5) is 0 Å². The van der Waals surface area contributed by atoms with E-state index in [1.165, 1.54) is 4.31 Å². The Morgan fingerprint density at radius 3 is 3.00 bits per heavy atom. The van der Waals surface area contributed by atoms with Gasteiger partial charge in [-0.05, 0) is 49.8 Å². The molecule has 1 saturated heterocycles. The smallest absolute Gasteiger partial charge is 0.248 e. The molecule has 0 bridgehead atoms. The van der Waals surface area contributed by atoms with E-state index in [4.69, 9.17) is 4.52 Å². The molecule has 1 N–H and O–H groups in total. The van der Waals surface area contributed by atoms with E-state index in [1.807, 2.05) is 24.4 Å². The second kappa shape index (κ2) is 9.02. The maximum Gasteiger partial charge on any atom is 0.248 e. The molecule has 1 amide bonds. The molecule has 1 aliphatic rings. The second-order valence-corrected chi connectivity index (χ2v) is 9.66. The number of nitrogens with zero attached hydrogens (tertiary/aromatic N) is 2. The van der Waals surface area contributed by atoms with Crippen LogP contribution in [0.25, 0.3) is 12.2 Å². The molecule has 9 heteroatoms. The van der Waals surface area contributed by atoms with Crippen LogP contribution in [0.15, 0.2) is 26.9 Å². The fraction of sp³-hybridized carbons (Fsp3) is 0.474. The zero-order valence-electron chi connectivity index (χ0n) is 16.1. The third kappa shape index (κ3) is 4.53. The van der Waals surface area contributed by atoms with Crippen LogP contribution in [0.2, 0.25) is 0 Å². The summed E-state index contributed by atoms with van der Waals surface area (Å²) in [6.07, 6.45) is 5.62. The van der Waals surface area contributed by atoms with Gasteiger partial charge in [0.15, 0.2) is 10.7 Å². The lowest BCUT2D eigenvalue weighted by atomic mass is 9.99. The maximum atomic E-state index is 13.3. The maximum absolute atomic E-state index is 13.3. The molecule has 2 aromatic rings. The van der Waals surface area contributed by atoms with Gasteiger partial charge in [-0.25, -0.2) is 8.42 Å². The third-order valence-electron chi connectivity index (χ3n) is 4.68. The first-order valence-corrected chi connectivity index (χ1v) is 11.7. The van der Waals surface area contributed by atoms with E-state index < -0.39 is 10.0 Å². The summed E-state index contributed by atoms with van der Waals surface area (Å²) in [5.74, 6) is -0.203. The van der Waals surface area contributed by atoms with Gasteiger partial charge in [0.05, 0.1) is 5.92 Å². The minimum atomic E-state index is -3.81. The molecule has 3 rings (SSSR count). The molecule has 0 saturated carbocycles. The van der Waals surface area contributed by atoms with E-state index in [-0.39, 0.29) is 29.0 Å². The number of thiophene rings is 1. The van der Waals surface area contributed by atoms with E-state index in [0.717, 1.165) is 11.3 Å². The molecule has 0 aliphatic carbocycles. The highest BCUT2D eigenvalue weighted by molar-refractivity contribution is 7.89. The van der Waals surface area contributed by atoms with Crippen molar-refractivity contribution in [3.8, 4) is 0 Å². The van der Waals surface area contributed by atoms with Crippen LogP contribution in [0.5, 0.6) is 0 Å². The van der Waals surface area contributed by atoms with Crippen LogP contribution in [0.3, 0.4) is 0 Å². The van der Waals surface area contributed by atoms with Gasteiger partial charge in [0.1, 0.15) is 5.69 Å². The highest BCUT2D eigenvalue weighted by Crippen LogP contribution is 2.29. The summed E-state index contributed by atoms with van der Waals surface area (Å²) in [4.78, 5) is 13.4. The van der Waals surface area contributed by atoms with Crippen LogP contribution in [-0.4, -0.2) is 43.4 Å². The first kappa shape index (κ1) is 20.8. The molecule has 28 heavy (non-hydrogen) atoms. The number of carbonyl (C=O) groups excluding carboxylic acids is 1. The van der Waals surface area contributed by atoms with Crippen LogP contribution < -0.4 is 5.32 Å². The van der Waals surface area contributed by atoms with Gasteiger partial charge in [-0.3, -0.25) is 4.79 Å². The zero-order chi connectivity index (χ0) is 20.1. The number of nitrogens with one attached hydrogen (secondary N) is 1. The molecule has 1 unspecified atom stereocenters. The van der Waals surface area contributed by atoms with Crippen molar-refractivity contribution in [2.45, 2.75) is 38.0 Å². The Labute approximate surface area is 169 Å². The normalized spacial score (nSPS) is 18.6. The zero-order valence-corrected chi connectivity index (χ0v) is 17.7. The van der Waals surface area contributed by atoms with Crippen molar-refractivity contribution >= 4 is 39.4 Å². The van der Waals surface area contributed by atoms with Crippen molar-refractivity contribution in [3.63, 3.8) is 0 Å². The molecule has 3 heterocycles. The topological polar surface area (TPSA) is 92.5 Å². The number of amides is 1. The molecule has 2 aromatic heterocycles.